The van der Waals surface area contributed by atoms with Crippen molar-refractivity contribution in [3.63, 3.8) is 0 Å². The second-order valence-corrected chi connectivity index (χ2v) is 12.8. The van der Waals surface area contributed by atoms with Gasteiger partial charge in [0.05, 0.1) is 18.8 Å². The molecule has 6 rings (SSSR count). The average molecular weight is 679 g/mol. The van der Waals surface area contributed by atoms with E-state index in [1.54, 1.807) is 0 Å². The van der Waals surface area contributed by atoms with E-state index in [9.17, 15) is 14.7 Å². The lowest BCUT2D eigenvalue weighted by atomic mass is 10.0. The highest BCUT2D eigenvalue weighted by Crippen LogP contribution is 2.41. The Morgan fingerprint density at radius 1 is 0.796 bits per heavy atom. The van der Waals surface area contributed by atoms with Crippen LogP contribution < -0.4 is 5.32 Å². The zero-order valence-electron chi connectivity index (χ0n) is 26.9. The summed E-state index contributed by atoms with van der Waals surface area (Å²) < 4.78 is 19.4. The number of aliphatic hydroxyl groups is 1. The average Bonchev–Trinajstić information content (AvgIpc) is 3.58. The maximum absolute atomic E-state index is 12.4. The zero-order chi connectivity index (χ0) is 34.0. The Labute approximate surface area is 289 Å². The van der Waals surface area contributed by atoms with Gasteiger partial charge in [-0.25, -0.2) is 4.98 Å². The number of anilines is 1. The molecule has 1 saturated heterocycles. The molecule has 1 amide bonds. The fraction of sp³-hybridized carbons (Fsp3) is 0.256. The standard InChI is InChI=1S/C39H38N2O7S/c42-24-26-15-17-27(18-16-26)33-23-32(46-38(47-33)30-19-21-31(22-20-30)40-34(43)13-7-8-14-35(44)45)25-49-39-41-36(28-9-3-1-4-10-28)37(48-39)29-11-5-2-6-12-29/h1-6,9-12,15-22,32-33,38,42H,7-8,13-14,23-25H2,(H,40,43)(H,44,45). The van der Waals surface area contributed by atoms with Crippen LogP contribution in [0.15, 0.2) is 119 Å². The summed E-state index contributed by atoms with van der Waals surface area (Å²) in [4.78, 5) is 28.0. The molecule has 3 N–H and O–H groups in total. The number of unbranched alkanes of at least 4 members (excludes halogenated alkanes) is 1. The maximum atomic E-state index is 12.4. The van der Waals surface area contributed by atoms with E-state index in [1.807, 2.05) is 109 Å². The van der Waals surface area contributed by atoms with Gasteiger partial charge in [-0.15, -0.1) is 0 Å². The first-order valence-electron chi connectivity index (χ1n) is 16.3. The summed E-state index contributed by atoms with van der Waals surface area (Å²) in [6, 6.07) is 35.1. The minimum atomic E-state index is -0.861. The fourth-order valence-corrected chi connectivity index (χ4v) is 6.48. The smallest absolute Gasteiger partial charge is 0.303 e. The maximum Gasteiger partial charge on any atom is 0.303 e. The third kappa shape index (κ3) is 9.24. The molecule has 2 heterocycles. The molecule has 252 valence electrons. The molecule has 0 saturated carbocycles. The molecule has 9 nitrogen and oxygen atoms in total. The summed E-state index contributed by atoms with van der Waals surface area (Å²) in [7, 11) is 0. The summed E-state index contributed by atoms with van der Waals surface area (Å²) in [5, 5.41) is 21.8. The number of hydrogen-bond acceptors (Lipinski definition) is 8. The van der Waals surface area contributed by atoms with Gasteiger partial charge in [0, 0.05) is 47.4 Å². The predicted molar refractivity (Wildman–Crippen MR) is 188 cm³/mol. The number of benzene rings is 4. The van der Waals surface area contributed by atoms with E-state index in [-0.39, 0.29) is 37.6 Å². The number of thioether (sulfide) groups is 1. The highest BCUT2D eigenvalue weighted by molar-refractivity contribution is 7.99. The first-order valence-corrected chi connectivity index (χ1v) is 17.3. The van der Waals surface area contributed by atoms with Crippen molar-refractivity contribution < 1.29 is 33.7 Å². The molecule has 10 heteroatoms. The number of oxazole rings is 1. The number of hydrogen-bond donors (Lipinski definition) is 3. The molecular formula is C39H38N2O7S. The van der Waals surface area contributed by atoms with Crippen LogP contribution >= 0.6 is 11.8 Å². The quantitative estimate of drug-likeness (QED) is 0.0782. The van der Waals surface area contributed by atoms with Gasteiger partial charge in [-0.3, -0.25) is 9.59 Å². The molecule has 1 fully saturated rings. The highest BCUT2D eigenvalue weighted by Gasteiger charge is 2.33. The van der Waals surface area contributed by atoms with Gasteiger partial charge < -0.3 is 29.4 Å². The van der Waals surface area contributed by atoms with E-state index in [0.29, 0.717) is 35.9 Å². The van der Waals surface area contributed by atoms with Crippen LogP contribution in [0.2, 0.25) is 0 Å². The number of carboxylic acid groups (broad SMARTS) is 1. The van der Waals surface area contributed by atoms with Crippen LogP contribution in [0, 0.1) is 0 Å². The van der Waals surface area contributed by atoms with Crippen LogP contribution in [-0.2, 0) is 25.7 Å². The van der Waals surface area contributed by atoms with Crippen LogP contribution in [0.4, 0.5) is 5.69 Å². The van der Waals surface area contributed by atoms with Crippen molar-refractivity contribution in [3.8, 4) is 22.6 Å². The van der Waals surface area contributed by atoms with Gasteiger partial charge in [0.2, 0.25) is 5.91 Å². The van der Waals surface area contributed by atoms with E-state index in [0.717, 1.165) is 39.3 Å². The van der Waals surface area contributed by atoms with Gasteiger partial charge in [-0.1, -0.05) is 109 Å². The highest BCUT2D eigenvalue weighted by atomic mass is 32.2. The summed E-state index contributed by atoms with van der Waals surface area (Å²) in [6.45, 7) is -0.0336. The van der Waals surface area contributed by atoms with Crippen LogP contribution in [0.1, 0.15) is 61.2 Å². The molecule has 5 aromatic rings. The van der Waals surface area contributed by atoms with Crippen molar-refractivity contribution in [1.82, 2.24) is 4.98 Å². The number of rotatable bonds is 14. The molecule has 0 spiro atoms. The molecule has 0 radical (unpaired) electrons. The molecule has 1 aliphatic rings. The van der Waals surface area contributed by atoms with E-state index in [2.05, 4.69) is 5.32 Å². The van der Waals surface area contributed by atoms with Crippen LogP contribution in [0.5, 0.6) is 0 Å². The van der Waals surface area contributed by atoms with E-state index < -0.39 is 12.3 Å². The Morgan fingerprint density at radius 3 is 2.12 bits per heavy atom. The Morgan fingerprint density at radius 2 is 1.45 bits per heavy atom. The van der Waals surface area contributed by atoms with Gasteiger partial charge in [-0.05, 0) is 36.1 Å². The number of nitrogens with one attached hydrogen (secondary N) is 1. The molecule has 49 heavy (non-hydrogen) atoms. The zero-order valence-corrected chi connectivity index (χ0v) is 27.7. The molecule has 0 aliphatic carbocycles. The number of carbonyl (C=O) groups is 2. The normalized spacial score (nSPS) is 17.4. The number of aliphatic carboxylic acids is 1. The Balaban J connectivity index is 1.17. The Hall–Kier alpha value is -4.74. The van der Waals surface area contributed by atoms with Gasteiger partial charge in [0.15, 0.2) is 12.1 Å². The summed E-state index contributed by atoms with van der Waals surface area (Å²) in [6.07, 6.45) is 0.757. The predicted octanol–water partition coefficient (Wildman–Crippen LogP) is 8.42. The summed E-state index contributed by atoms with van der Waals surface area (Å²) in [5.41, 5.74) is 5.97. The van der Waals surface area contributed by atoms with Gasteiger partial charge in [-0.2, -0.15) is 0 Å². The van der Waals surface area contributed by atoms with Gasteiger partial charge in [0.25, 0.3) is 5.22 Å². The first kappa shape index (κ1) is 34.1. The molecule has 0 bridgehead atoms. The van der Waals surface area contributed by atoms with Crippen molar-refractivity contribution in [2.75, 3.05) is 11.1 Å². The number of ether oxygens (including phenoxy) is 2. The monoisotopic (exact) mass is 678 g/mol. The lowest BCUT2D eigenvalue weighted by Gasteiger charge is -2.36. The van der Waals surface area contributed by atoms with E-state index in [1.165, 1.54) is 11.8 Å². The number of carbonyl (C=O) groups excluding carboxylic acids is 1. The summed E-state index contributed by atoms with van der Waals surface area (Å²) in [5.74, 6) is 0.267. The van der Waals surface area contributed by atoms with Crippen LogP contribution in [0.25, 0.3) is 22.6 Å². The molecule has 3 atom stereocenters. The van der Waals surface area contributed by atoms with Gasteiger partial charge in [0.1, 0.15) is 5.69 Å². The topological polar surface area (TPSA) is 131 Å². The van der Waals surface area contributed by atoms with Crippen molar-refractivity contribution in [3.05, 3.63) is 126 Å². The minimum Gasteiger partial charge on any atom is -0.481 e. The second-order valence-electron chi connectivity index (χ2n) is 11.8. The third-order valence-electron chi connectivity index (χ3n) is 8.21. The number of aliphatic hydroxyl groups excluding tert-OH is 1. The molecule has 1 aromatic heterocycles. The molecular weight excluding hydrogens is 641 g/mol. The van der Waals surface area contributed by atoms with Crippen molar-refractivity contribution >= 4 is 29.3 Å². The number of nitrogens with zero attached hydrogens (tertiary/aromatic N) is 1. The minimum absolute atomic E-state index is 0.0336. The van der Waals surface area contributed by atoms with Crippen molar-refractivity contribution in [2.24, 2.45) is 0 Å². The molecule has 4 aromatic carbocycles. The van der Waals surface area contributed by atoms with Crippen molar-refractivity contribution in [2.45, 2.75) is 62.4 Å². The first-order chi connectivity index (χ1) is 23.9. The fourth-order valence-electron chi connectivity index (χ4n) is 5.63. The Kier molecular flexibility index (Phi) is 11.6. The van der Waals surface area contributed by atoms with Crippen molar-refractivity contribution in [1.29, 1.82) is 0 Å². The molecule has 1 aliphatic heterocycles. The third-order valence-corrected chi connectivity index (χ3v) is 9.17. The lowest BCUT2D eigenvalue weighted by molar-refractivity contribution is -0.245. The van der Waals surface area contributed by atoms with E-state index >= 15 is 0 Å². The second kappa shape index (κ2) is 16.6. The largest absolute Gasteiger partial charge is 0.481 e. The Bertz CT molecular complexity index is 1760. The van der Waals surface area contributed by atoms with Crippen LogP contribution in [-0.4, -0.2) is 38.9 Å². The van der Waals surface area contributed by atoms with E-state index in [4.69, 9.17) is 24.0 Å². The number of aromatic nitrogens is 1. The lowest BCUT2D eigenvalue weighted by Crippen LogP contribution is -2.31. The number of amides is 1. The van der Waals surface area contributed by atoms with Crippen LogP contribution in [0.3, 0.4) is 0 Å². The summed E-state index contributed by atoms with van der Waals surface area (Å²) >= 11 is 1.50. The SMILES string of the molecule is O=C(O)CCCCC(=O)Nc1ccc(C2OC(CSc3nc(-c4ccccc4)c(-c4ccccc4)o3)CC(c3ccc(CO)cc3)O2)cc1. The van der Waals surface area contributed by atoms with Gasteiger partial charge >= 0.3 is 5.97 Å². The number of carboxylic acids is 1. The molecule has 3 unspecified atom stereocenters.